The number of carbonyl (C=O) groups is 2. The largest absolute Gasteiger partial charge is 0.430 e. The molecule has 1 saturated heterocycles. The van der Waals surface area contributed by atoms with E-state index in [2.05, 4.69) is 0 Å². The number of fused-ring (bicyclic) bond motifs is 5. The van der Waals surface area contributed by atoms with E-state index in [-0.39, 0.29) is 17.8 Å². The molecule has 3 rings (SSSR count). The summed E-state index contributed by atoms with van der Waals surface area (Å²) >= 11 is 0. The highest BCUT2D eigenvalue weighted by molar-refractivity contribution is 5.80. The van der Waals surface area contributed by atoms with Crippen LogP contribution in [0.1, 0.15) is 19.3 Å². The lowest BCUT2D eigenvalue weighted by Crippen LogP contribution is -2.22. The van der Waals surface area contributed by atoms with E-state index >= 15 is 0 Å². The Morgan fingerprint density at radius 3 is 2.64 bits per heavy atom. The number of carbonyl (C=O) groups excluding carboxylic acids is 2. The molecule has 4 atom stereocenters. The molecule has 14 heavy (non-hydrogen) atoms. The van der Waals surface area contributed by atoms with Crippen LogP contribution in [0, 0.1) is 23.7 Å². The van der Waals surface area contributed by atoms with E-state index in [1.165, 1.54) is 12.5 Å². The molecule has 0 N–H and O–H groups in total. The van der Waals surface area contributed by atoms with Gasteiger partial charge in [-0.3, -0.25) is 9.59 Å². The number of hydrogen-bond donors (Lipinski definition) is 0. The Hall–Kier alpha value is -1.12. The van der Waals surface area contributed by atoms with Crippen molar-refractivity contribution in [3.63, 3.8) is 0 Å². The van der Waals surface area contributed by atoms with Crippen molar-refractivity contribution in [2.24, 2.45) is 23.7 Å². The van der Waals surface area contributed by atoms with Crippen LogP contribution in [0.5, 0.6) is 0 Å². The highest BCUT2D eigenvalue weighted by Gasteiger charge is 2.57. The molecular formula is C11H12O3. The molecule has 4 unspecified atom stereocenters. The van der Waals surface area contributed by atoms with Crippen LogP contribution in [0.3, 0.4) is 0 Å². The molecule has 1 heterocycles. The van der Waals surface area contributed by atoms with Gasteiger partial charge in [-0.25, -0.2) is 0 Å². The first-order valence-electron chi connectivity index (χ1n) is 5.18. The third-order valence-electron chi connectivity index (χ3n) is 3.97. The number of hydrogen-bond acceptors (Lipinski definition) is 3. The van der Waals surface area contributed by atoms with Crippen molar-refractivity contribution in [3.05, 3.63) is 11.8 Å². The van der Waals surface area contributed by atoms with Gasteiger partial charge in [0.2, 0.25) is 0 Å². The molecule has 0 aromatic heterocycles. The fraction of sp³-hybridized carbons (Fsp3) is 0.636. The molecule has 0 amide bonds. The molecule has 2 bridgehead atoms. The van der Waals surface area contributed by atoms with Crippen molar-refractivity contribution < 1.29 is 14.3 Å². The second-order valence-electron chi connectivity index (χ2n) is 4.51. The lowest BCUT2D eigenvalue weighted by molar-refractivity contribution is -0.140. The minimum atomic E-state index is -0.102. The van der Waals surface area contributed by atoms with Crippen LogP contribution in [0.25, 0.3) is 0 Å². The van der Waals surface area contributed by atoms with Crippen LogP contribution >= 0.6 is 0 Å². The zero-order valence-corrected chi connectivity index (χ0v) is 7.81. The molecule has 74 valence electrons. The molecular weight excluding hydrogens is 180 g/mol. The minimum Gasteiger partial charge on any atom is -0.430 e. The Morgan fingerprint density at radius 1 is 1.21 bits per heavy atom. The first kappa shape index (κ1) is 8.21. The normalized spacial score (nSPS) is 46.9. The number of cyclic esters (lactones) is 1. The van der Waals surface area contributed by atoms with Crippen molar-refractivity contribution in [1.29, 1.82) is 0 Å². The molecule has 3 nitrogen and oxygen atoms in total. The van der Waals surface area contributed by atoms with Crippen molar-refractivity contribution in [3.8, 4) is 0 Å². The third-order valence-corrected chi connectivity index (χ3v) is 3.97. The average molecular weight is 192 g/mol. The summed E-state index contributed by atoms with van der Waals surface area (Å²) in [6.45, 7) is 0. The highest BCUT2D eigenvalue weighted by atomic mass is 16.5. The van der Waals surface area contributed by atoms with Crippen LogP contribution in [0.15, 0.2) is 11.8 Å². The van der Waals surface area contributed by atoms with E-state index in [0.29, 0.717) is 17.6 Å². The standard InChI is InChI=1S/C11H12O3/c12-4-3-8-9-6-1-2-7(5-6)10(9)11(13)14-8/h3-4,6-7,9-10H,1-2,5H2/b8-3+. The van der Waals surface area contributed by atoms with Crippen molar-refractivity contribution in [2.45, 2.75) is 19.3 Å². The molecule has 0 aromatic carbocycles. The summed E-state index contributed by atoms with van der Waals surface area (Å²) in [5.74, 6) is 1.93. The van der Waals surface area contributed by atoms with E-state index in [4.69, 9.17) is 4.74 Å². The monoisotopic (exact) mass is 192 g/mol. The van der Waals surface area contributed by atoms with Gasteiger partial charge in [0.05, 0.1) is 5.92 Å². The zero-order valence-electron chi connectivity index (χ0n) is 7.81. The van der Waals surface area contributed by atoms with E-state index < -0.39 is 0 Å². The predicted molar refractivity (Wildman–Crippen MR) is 48.1 cm³/mol. The highest BCUT2D eigenvalue weighted by Crippen LogP contribution is 2.58. The smallest absolute Gasteiger partial charge is 0.315 e. The van der Waals surface area contributed by atoms with Crippen molar-refractivity contribution in [2.75, 3.05) is 0 Å². The summed E-state index contributed by atoms with van der Waals surface area (Å²) in [7, 11) is 0. The predicted octanol–water partition coefficient (Wildman–Crippen LogP) is 1.29. The van der Waals surface area contributed by atoms with Gasteiger partial charge in [0, 0.05) is 12.0 Å². The maximum atomic E-state index is 11.6. The van der Waals surface area contributed by atoms with Gasteiger partial charge in [0.25, 0.3) is 0 Å². The number of rotatable bonds is 1. The quantitative estimate of drug-likeness (QED) is 0.357. The van der Waals surface area contributed by atoms with Crippen molar-refractivity contribution in [1.82, 2.24) is 0 Å². The second-order valence-corrected chi connectivity index (χ2v) is 4.51. The van der Waals surface area contributed by atoms with Gasteiger partial charge in [0.1, 0.15) is 12.0 Å². The maximum absolute atomic E-state index is 11.6. The van der Waals surface area contributed by atoms with E-state index in [9.17, 15) is 9.59 Å². The summed E-state index contributed by atoms with van der Waals surface area (Å²) in [4.78, 5) is 21.9. The molecule has 0 spiro atoms. The molecule has 2 aliphatic carbocycles. The molecule has 0 aromatic rings. The maximum Gasteiger partial charge on any atom is 0.315 e. The van der Waals surface area contributed by atoms with Crippen LogP contribution in [0.4, 0.5) is 0 Å². The van der Waals surface area contributed by atoms with Gasteiger partial charge >= 0.3 is 5.97 Å². The number of ether oxygens (including phenoxy) is 1. The van der Waals surface area contributed by atoms with E-state index in [1.807, 2.05) is 0 Å². The van der Waals surface area contributed by atoms with Crippen LogP contribution < -0.4 is 0 Å². The average Bonchev–Trinajstić information content (AvgIpc) is 2.80. The second kappa shape index (κ2) is 2.69. The lowest BCUT2D eigenvalue weighted by atomic mass is 9.80. The summed E-state index contributed by atoms with van der Waals surface area (Å²) in [5, 5.41) is 0. The zero-order chi connectivity index (χ0) is 9.71. The fourth-order valence-electron chi connectivity index (χ4n) is 3.50. The number of aldehydes is 1. The van der Waals surface area contributed by atoms with Gasteiger partial charge in [-0.05, 0) is 31.1 Å². The molecule has 1 aliphatic heterocycles. The van der Waals surface area contributed by atoms with E-state index in [0.717, 1.165) is 19.1 Å². The minimum absolute atomic E-state index is 0.0694. The first-order valence-corrected chi connectivity index (χ1v) is 5.18. The van der Waals surface area contributed by atoms with Crippen LogP contribution in [-0.2, 0) is 14.3 Å². The van der Waals surface area contributed by atoms with Crippen LogP contribution in [-0.4, -0.2) is 12.3 Å². The molecule has 3 heteroatoms. The van der Waals surface area contributed by atoms with Gasteiger partial charge in [-0.2, -0.15) is 0 Å². The Kier molecular flexibility index (Phi) is 1.58. The number of allylic oxidation sites excluding steroid dienone is 2. The van der Waals surface area contributed by atoms with Gasteiger partial charge in [-0.1, -0.05) is 0 Å². The Balaban J connectivity index is 1.99. The third kappa shape index (κ3) is 0.873. The Bertz CT molecular complexity index is 331. The Labute approximate surface area is 82.1 Å². The summed E-state index contributed by atoms with van der Waals surface area (Å²) in [6.07, 6.45) is 5.65. The lowest BCUT2D eigenvalue weighted by Gasteiger charge is -2.19. The van der Waals surface area contributed by atoms with Gasteiger partial charge in [0.15, 0.2) is 0 Å². The molecule has 2 saturated carbocycles. The first-order chi connectivity index (χ1) is 6.81. The number of esters is 1. The fourth-order valence-corrected chi connectivity index (χ4v) is 3.50. The summed E-state index contributed by atoms with van der Waals surface area (Å²) in [5.41, 5.74) is 0. The van der Waals surface area contributed by atoms with Crippen molar-refractivity contribution >= 4 is 12.3 Å². The SMILES string of the molecule is O=C/C=C1/OC(=O)C2C3CCC(C3)C12. The molecule has 3 fully saturated rings. The van der Waals surface area contributed by atoms with E-state index in [1.54, 1.807) is 0 Å². The molecule has 3 aliphatic rings. The van der Waals surface area contributed by atoms with Gasteiger partial charge < -0.3 is 4.74 Å². The van der Waals surface area contributed by atoms with Gasteiger partial charge in [-0.15, -0.1) is 0 Å². The Morgan fingerprint density at radius 2 is 1.93 bits per heavy atom. The van der Waals surface area contributed by atoms with Crippen LogP contribution in [0.2, 0.25) is 0 Å². The molecule has 0 radical (unpaired) electrons. The topological polar surface area (TPSA) is 43.4 Å². The summed E-state index contributed by atoms with van der Waals surface area (Å²) < 4.78 is 5.14. The summed E-state index contributed by atoms with van der Waals surface area (Å²) in [6, 6.07) is 0.